The molecule has 30 heavy (non-hydrogen) atoms. The van der Waals surface area contributed by atoms with Crippen LogP contribution in [0, 0.1) is 18.3 Å². The van der Waals surface area contributed by atoms with Gasteiger partial charge in [0.25, 0.3) is 0 Å². The molecule has 9 nitrogen and oxygen atoms in total. The third kappa shape index (κ3) is 3.21. The number of rotatable bonds is 3. The average molecular weight is 427 g/mol. The topological polar surface area (TPSA) is 131 Å². The number of sulfone groups is 1. The van der Waals surface area contributed by atoms with Gasteiger partial charge in [0.05, 0.1) is 22.9 Å². The lowest BCUT2D eigenvalue weighted by Gasteiger charge is -2.28. The third-order valence-corrected chi connectivity index (χ3v) is 6.89. The molecule has 0 aliphatic carbocycles. The number of nitrogens with zero attached hydrogens (tertiary/aromatic N) is 4. The van der Waals surface area contributed by atoms with Crippen LogP contribution >= 0.6 is 0 Å². The van der Waals surface area contributed by atoms with Gasteiger partial charge in [-0.2, -0.15) is 10.4 Å². The lowest BCUT2D eigenvalue weighted by Crippen LogP contribution is -2.45. The van der Waals surface area contributed by atoms with Crippen molar-refractivity contribution in [2.75, 3.05) is 23.0 Å². The molecule has 0 spiro atoms. The summed E-state index contributed by atoms with van der Waals surface area (Å²) in [6.45, 7) is 4.52. The molecule has 2 aliphatic heterocycles. The van der Waals surface area contributed by atoms with E-state index in [1.165, 1.54) is 4.90 Å². The average Bonchev–Trinajstić information content (AvgIpc) is 3.02. The monoisotopic (exact) mass is 427 g/mol. The number of allylic oxidation sites excluding steroid dienone is 1. The Bertz CT molecular complexity index is 1210. The first-order valence-electron chi connectivity index (χ1n) is 9.51. The van der Waals surface area contributed by atoms with Gasteiger partial charge in [-0.25, -0.2) is 13.1 Å². The molecule has 1 aromatic carbocycles. The number of amides is 1. The van der Waals surface area contributed by atoms with Crippen LogP contribution in [0.15, 0.2) is 35.7 Å². The van der Waals surface area contributed by atoms with E-state index in [-0.39, 0.29) is 18.2 Å². The maximum absolute atomic E-state index is 12.2. The molecule has 4 rings (SSSR count). The van der Waals surface area contributed by atoms with Crippen LogP contribution in [0.5, 0.6) is 5.88 Å². The number of nitrogens with two attached hydrogens (primary N) is 1. The van der Waals surface area contributed by atoms with E-state index in [4.69, 9.17) is 10.5 Å². The first-order chi connectivity index (χ1) is 14.3. The summed E-state index contributed by atoms with van der Waals surface area (Å²) in [5.74, 6) is -0.848. The van der Waals surface area contributed by atoms with Crippen molar-refractivity contribution in [1.82, 2.24) is 9.78 Å². The number of hydrogen-bond donors (Lipinski definition) is 1. The lowest BCUT2D eigenvalue weighted by atomic mass is 9.84. The minimum absolute atomic E-state index is 0.0464. The zero-order valence-corrected chi connectivity index (χ0v) is 17.4. The number of nitriles is 1. The molecule has 156 valence electrons. The zero-order valence-electron chi connectivity index (χ0n) is 16.6. The van der Waals surface area contributed by atoms with Crippen LogP contribution in [0.1, 0.15) is 29.7 Å². The van der Waals surface area contributed by atoms with E-state index >= 15 is 0 Å². The Labute approximate surface area is 174 Å². The van der Waals surface area contributed by atoms with Crippen LogP contribution in [0.2, 0.25) is 0 Å². The maximum Gasteiger partial charge on any atom is 0.242 e. The number of fused-ring (bicyclic) bond motifs is 1. The van der Waals surface area contributed by atoms with Crippen molar-refractivity contribution in [3.8, 4) is 11.9 Å². The fraction of sp³-hybridized carbons (Fsp3) is 0.350. The Balaban J connectivity index is 1.73. The smallest absolute Gasteiger partial charge is 0.242 e. The molecule has 1 aromatic heterocycles. The molecule has 1 amide bonds. The largest absolute Gasteiger partial charge is 0.422 e. The molecule has 1 atom stereocenters. The fourth-order valence-corrected chi connectivity index (χ4v) is 5.08. The molecule has 0 bridgehead atoms. The second-order valence-electron chi connectivity index (χ2n) is 7.27. The van der Waals surface area contributed by atoms with E-state index in [0.29, 0.717) is 23.7 Å². The highest BCUT2D eigenvalue weighted by Crippen LogP contribution is 2.44. The summed E-state index contributed by atoms with van der Waals surface area (Å²) in [7, 11) is -3.32. The molecule has 1 unspecified atom stereocenters. The SMILES string of the molecule is CCn1nc(C)c2c1OC(N)=C(C#N)C2c1ccc(N2CCS(=O)(=O)CC2=O)cc1. The highest BCUT2D eigenvalue weighted by Gasteiger charge is 2.36. The number of anilines is 1. The van der Waals surface area contributed by atoms with E-state index in [0.717, 1.165) is 16.8 Å². The molecule has 0 radical (unpaired) electrons. The van der Waals surface area contributed by atoms with Gasteiger partial charge in [-0.05, 0) is 31.5 Å². The van der Waals surface area contributed by atoms with Gasteiger partial charge in [-0.3, -0.25) is 4.79 Å². The van der Waals surface area contributed by atoms with Gasteiger partial charge >= 0.3 is 0 Å². The quantitative estimate of drug-likeness (QED) is 0.778. The highest BCUT2D eigenvalue weighted by molar-refractivity contribution is 7.92. The van der Waals surface area contributed by atoms with Crippen LogP contribution in [0.25, 0.3) is 0 Å². The number of ether oxygens (including phenoxy) is 1. The van der Waals surface area contributed by atoms with Gasteiger partial charge < -0.3 is 15.4 Å². The molecule has 0 saturated carbocycles. The Morgan fingerprint density at radius 1 is 1.33 bits per heavy atom. The van der Waals surface area contributed by atoms with Gasteiger partial charge in [0.15, 0.2) is 9.84 Å². The van der Waals surface area contributed by atoms with Crippen LogP contribution < -0.4 is 15.4 Å². The summed E-state index contributed by atoms with van der Waals surface area (Å²) in [5, 5.41) is 14.2. The molecular weight excluding hydrogens is 406 g/mol. The predicted octanol–water partition coefficient (Wildman–Crippen LogP) is 1.19. The van der Waals surface area contributed by atoms with Crippen molar-refractivity contribution >= 4 is 21.4 Å². The first-order valence-corrected chi connectivity index (χ1v) is 11.3. The minimum atomic E-state index is -3.32. The maximum atomic E-state index is 12.2. The number of aromatic nitrogens is 2. The van der Waals surface area contributed by atoms with Crippen LogP contribution in [0.3, 0.4) is 0 Å². The highest BCUT2D eigenvalue weighted by atomic mass is 32.2. The number of hydrogen-bond acceptors (Lipinski definition) is 7. The van der Waals surface area contributed by atoms with Crippen molar-refractivity contribution in [3.63, 3.8) is 0 Å². The van der Waals surface area contributed by atoms with Crippen molar-refractivity contribution in [1.29, 1.82) is 5.26 Å². The number of aryl methyl sites for hydroxylation is 2. The van der Waals surface area contributed by atoms with E-state index in [9.17, 15) is 18.5 Å². The predicted molar refractivity (Wildman–Crippen MR) is 109 cm³/mol. The molecule has 1 saturated heterocycles. The van der Waals surface area contributed by atoms with Crippen LogP contribution in [-0.2, 0) is 21.2 Å². The summed E-state index contributed by atoms with van der Waals surface area (Å²) < 4.78 is 30.7. The number of benzene rings is 1. The Hall–Kier alpha value is -3.32. The van der Waals surface area contributed by atoms with Crippen molar-refractivity contribution < 1.29 is 17.9 Å². The van der Waals surface area contributed by atoms with E-state index in [1.54, 1.807) is 16.8 Å². The van der Waals surface area contributed by atoms with Crippen molar-refractivity contribution in [2.45, 2.75) is 26.3 Å². The molecule has 10 heteroatoms. The first kappa shape index (κ1) is 20.0. The summed E-state index contributed by atoms with van der Waals surface area (Å²) in [6.07, 6.45) is 0. The molecule has 2 N–H and O–H groups in total. The Morgan fingerprint density at radius 3 is 2.63 bits per heavy atom. The van der Waals surface area contributed by atoms with Crippen molar-refractivity contribution in [3.05, 3.63) is 52.5 Å². The van der Waals surface area contributed by atoms with Gasteiger partial charge in [-0.15, -0.1) is 0 Å². The standard InChI is InChI=1S/C20H21N5O4S/c1-3-25-20-17(12(2)23-25)18(15(10-21)19(22)29-20)13-4-6-14(7-5-13)24-8-9-30(27,28)11-16(24)26/h4-7,18H,3,8-9,11,22H2,1-2H3. The van der Waals surface area contributed by atoms with Gasteiger partial charge in [-0.1, -0.05) is 12.1 Å². The third-order valence-electron chi connectivity index (χ3n) is 5.40. The fourth-order valence-electron chi connectivity index (χ4n) is 3.94. The molecular formula is C20H21N5O4S. The van der Waals surface area contributed by atoms with Gasteiger partial charge in [0.1, 0.15) is 17.4 Å². The molecule has 2 aliphatic rings. The zero-order chi connectivity index (χ0) is 21.6. The molecule has 1 fully saturated rings. The molecule has 3 heterocycles. The van der Waals surface area contributed by atoms with Gasteiger partial charge in [0.2, 0.25) is 17.7 Å². The van der Waals surface area contributed by atoms with Gasteiger partial charge in [0, 0.05) is 18.8 Å². The van der Waals surface area contributed by atoms with Crippen molar-refractivity contribution in [2.24, 2.45) is 5.73 Å². The molecule has 2 aromatic rings. The minimum Gasteiger partial charge on any atom is -0.422 e. The normalized spacial score (nSPS) is 20.5. The van der Waals surface area contributed by atoms with Crippen LogP contribution in [-0.4, -0.2) is 42.2 Å². The summed E-state index contributed by atoms with van der Waals surface area (Å²) in [4.78, 5) is 13.7. The second kappa shape index (κ2) is 7.18. The number of carbonyl (C=O) groups excluding carboxylic acids is 1. The van der Waals surface area contributed by atoms with E-state index < -0.39 is 27.4 Å². The Morgan fingerprint density at radius 2 is 2.03 bits per heavy atom. The summed E-state index contributed by atoms with van der Waals surface area (Å²) in [6, 6.07) is 9.30. The lowest BCUT2D eigenvalue weighted by molar-refractivity contribution is -0.116. The summed E-state index contributed by atoms with van der Waals surface area (Å²) in [5.41, 5.74) is 9.29. The number of carbonyl (C=O) groups is 1. The summed E-state index contributed by atoms with van der Waals surface area (Å²) >= 11 is 0. The van der Waals surface area contributed by atoms with E-state index in [2.05, 4.69) is 11.2 Å². The van der Waals surface area contributed by atoms with E-state index in [1.807, 2.05) is 26.0 Å². The van der Waals surface area contributed by atoms with Crippen LogP contribution in [0.4, 0.5) is 5.69 Å². The Kier molecular flexibility index (Phi) is 4.78. The second-order valence-corrected chi connectivity index (χ2v) is 9.46.